The second-order valence-corrected chi connectivity index (χ2v) is 10.9. The lowest BCUT2D eigenvalue weighted by Crippen LogP contribution is -2.35. The molecule has 1 aliphatic heterocycles. The Balaban J connectivity index is 1.48. The van der Waals surface area contributed by atoms with Crippen LogP contribution in [-0.4, -0.2) is 42.0 Å². The molecular weight excluding hydrogens is 458 g/mol. The van der Waals surface area contributed by atoms with Gasteiger partial charge >= 0.3 is 0 Å². The van der Waals surface area contributed by atoms with Gasteiger partial charge in [-0.1, -0.05) is 41.9 Å². The Morgan fingerprint density at radius 1 is 1.19 bits per heavy atom. The summed E-state index contributed by atoms with van der Waals surface area (Å²) in [5.74, 6) is -0.332. The van der Waals surface area contributed by atoms with Crippen LogP contribution in [0.1, 0.15) is 26.2 Å². The van der Waals surface area contributed by atoms with Gasteiger partial charge in [0.15, 0.2) is 5.58 Å². The normalized spacial score (nSPS) is 16.3. The molecule has 2 heterocycles. The van der Waals surface area contributed by atoms with Crippen molar-refractivity contribution in [3.63, 3.8) is 0 Å². The molecule has 0 aliphatic carbocycles. The molecule has 1 N–H and O–H groups in total. The van der Waals surface area contributed by atoms with Gasteiger partial charge in [-0.15, -0.1) is 0 Å². The van der Waals surface area contributed by atoms with E-state index in [2.05, 4.69) is 10.3 Å². The minimum atomic E-state index is -3.63. The molecule has 1 aromatic heterocycles. The first kappa shape index (κ1) is 22.1. The summed E-state index contributed by atoms with van der Waals surface area (Å²) in [6.07, 6.45) is 2.73. The fourth-order valence-electron chi connectivity index (χ4n) is 3.36. The van der Waals surface area contributed by atoms with Crippen LogP contribution in [0.2, 0.25) is 5.02 Å². The number of oxazole rings is 1. The van der Waals surface area contributed by atoms with Crippen molar-refractivity contribution >= 4 is 56.1 Å². The molecule has 7 nitrogen and oxygen atoms in total. The number of halogens is 1. The highest BCUT2D eigenvalue weighted by Gasteiger charge is 2.27. The third kappa shape index (κ3) is 4.90. The zero-order chi connectivity index (χ0) is 22.0. The first-order valence-corrected chi connectivity index (χ1v) is 12.7. The quantitative estimate of drug-likeness (QED) is 0.511. The van der Waals surface area contributed by atoms with Crippen LogP contribution in [0.4, 0.5) is 5.69 Å². The predicted molar refractivity (Wildman–Crippen MR) is 122 cm³/mol. The fourth-order valence-corrected chi connectivity index (χ4v) is 5.82. The topological polar surface area (TPSA) is 92.5 Å². The standard InChI is InChI=1S/C21H22ClN3O4S2/c1-14(30-21-24-17-7-3-4-8-19(17)29-21)20(26)23-18-13-15(9-10-16(18)22)31(27,28)25-11-5-2-6-12-25/h3-4,7-10,13-14H,2,5-6,11-12H2,1H3,(H,23,26). The van der Waals surface area contributed by atoms with Crippen molar-refractivity contribution in [3.05, 3.63) is 47.5 Å². The summed E-state index contributed by atoms with van der Waals surface area (Å²) in [5.41, 5.74) is 1.63. The molecule has 1 saturated heterocycles. The summed E-state index contributed by atoms with van der Waals surface area (Å²) in [5, 5.41) is 2.85. The Hall–Kier alpha value is -2.07. The monoisotopic (exact) mass is 479 g/mol. The lowest BCUT2D eigenvalue weighted by Gasteiger charge is -2.26. The number of nitrogens with zero attached hydrogens (tertiary/aromatic N) is 2. The number of para-hydroxylation sites is 2. The molecule has 3 aromatic rings. The molecule has 1 aliphatic rings. The molecule has 10 heteroatoms. The molecule has 1 atom stereocenters. The molecule has 4 rings (SSSR count). The van der Waals surface area contributed by atoms with Crippen molar-refractivity contribution in [2.75, 3.05) is 18.4 Å². The minimum absolute atomic E-state index is 0.119. The maximum absolute atomic E-state index is 12.9. The number of carbonyl (C=O) groups is 1. The number of piperidine rings is 1. The number of sulfonamides is 1. The van der Waals surface area contributed by atoms with Gasteiger partial charge in [0.25, 0.3) is 5.22 Å². The van der Waals surface area contributed by atoms with E-state index in [1.165, 1.54) is 34.3 Å². The number of nitrogens with one attached hydrogen (secondary N) is 1. The van der Waals surface area contributed by atoms with Gasteiger partial charge in [-0.25, -0.2) is 13.4 Å². The molecule has 164 valence electrons. The fraction of sp³-hybridized carbons (Fsp3) is 0.333. The number of hydrogen-bond acceptors (Lipinski definition) is 6. The van der Waals surface area contributed by atoms with Gasteiger partial charge in [-0.3, -0.25) is 4.79 Å². The molecule has 31 heavy (non-hydrogen) atoms. The first-order valence-electron chi connectivity index (χ1n) is 9.97. The maximum Gasteiger partial charge on any atom is 0.257 e. The van der Waals surface area contributed by atoms with Crippen LogP contribution < -0.4 is 5.32 Å². The number of benzene rings is 2. The van der Waals surface area contributed by atoms with E-state index in [1.807, 2.05) is 24.3 Å². The number of rotatable bonds is 6. The lowest BCUT2D eigenvalue weighted by atomic mass is 10.2. The smallest absolute Gasteiger partial charge is 0.257 e. The van der Waals surface area contributed by atoms with Crippen molar-refractivity contribution in [2.24, 2.45) is 0 Å². The van der Waals surface area contributed by atoms with Crippen LogP contribution in [-0.2, 0) is 14.8 Å². The van der Waals surface area contributed by atoms with Crippen molar-refractivity contribution in [2.45, 2.75) is 41.6 Å². The van der Waals surface area contributed by atoms with E-state index < -0.39 is 15.3 Å². The van der Waals surface area contributed by atoms with Gasteiger partial charge < -0.3 is 9.73 Å². The Labute approximate surface area is 190 Å². The highest BCUT2D eigenvalue weighted by Crippen LogP contribution is 2.31. The summed E-state index contributed by atoms with van der Waals surface area (Å²) in [6.45, 7) is 2.73. The number of anilines is 1. The van der Waals surface area contributed by atoms with Crippen molar-refractivity contribution in [3.8, 4) is 0 Å². The van der Waals surface area contributed by atoms with Gasteiger partial charge in [0.2, 0.25) is 15.9 Å². The number of hydrogen-bond donors (Lipinski definition) is 1. The highest BCUT2D eigenvalue weighted by atomic mass is 35.5. The average Bonchev–Trinajstić information content (AvgIpc) is 3.18. The van der Waals surface area contributed by atoms with Crippen molar-refractivity contribution in [1.82, 2.24) is 9.29 Å². The van der Waals surface area contributed by atoms with Crippen LogP contribution in [0.25, 0.3) is 11.1 Å². The summed E-state index contributed by atoms with van der Waals surface area (Å²) < 4.78 is 33.0. The predicted octanol–water partition coefficient (Wildman–Crippen LogP) is 4.78. The second-order valence-electron chi connectivity index (χ2n) is 7.30. The summed E-state index contributed by atoms with van der Waals surface area (Å²) in [6, 6.07) is 11.7. The van der Waals surface area contributed by atoms with E-state index in [9.17, 15) is 13.2 Å². The van der Waals surface area contributed by atoms with Crippen LogP contribution in [0.3, 0.4) is 0 Å². The molecular formula is C21H22ClN3O4S2. The summed E-state index contributed by atoms with van der Waals surface area (Å²) in [4.78, 5) is 17.2. The molecule has 1 amide bonds. The second kappa shape index (κ2) is 9.20. The first-order chi connectivity index (χ1) is 14.8. The van der Waals surface area contributed by atoms with E-state index in [0.29, 0.717) is 23.9 Å². The third-order valence-electron chi connectivity index (χ3n) is 5.07. The van der Waals surface area contributed by atoms with Crippen LogP contribution >= 0.6 is 23.4 Å². The number of aromatic nitrogens is 1. The van der Waals surface area contributed by atoms with Gasteiger partial charge in [-0.2, -0.15) is 4.31 Å². The number of fused-ring (bicyclic) bond motifs is 1. The zero-order valence-electron chi connectivity index (χ0n) is 16.9. The Kier molecular flexibility index (Phi) is 6.57. The number of amides is 1. The van der Waals surface area contributed by atoms with Gasteiger partial charge in [0, 0.05) is 13.1 Å². The Morgan fingerprint density at radius 3 is 2.68 bits per heavy atom. The van der Waals surface area contributed by atoms with E-state index in [4.69, 9.17) is 16.0 Å². The van der Waals surface area contributed by atoms with Crippen LogP contribution in [0, 0.1) is 0 Å². The van der Waals surface area contributed by atoms with Gasteiger partial charge in [0.1, 0.15) is 5.52 Å². The lowest BCUT2D eigenvalue weighted by molar-refractivity contribution is -0.115. The minimum Gasteiger partial charge on any atom is -0.431 e. The van der Waals surface area contributed by atoms with E-state index in [1.54, 1.807) is 6.92 Å². The van der Waals surface area contributed by atoms with Gasteiger partial charge in [-0.05, 0) is 50.1 Å². The molecule has 2 aromatic carbocycles. The molecule has 1 fully saturated rings. The SMILES string of the molecule is CC(Sc1nc2ccccc2o1)C(=O)Nc1cc(S(=O)(=O)N2CCCCC2)ccc1Cl. The van der Waals surface area contributed by atoms with Gasteiger partial charge in [0.05, 0.1) is 20.9 Å². The average molecular weight is 480 g/mol. The van der Waals surface area contributed by atoms with E-state index >= 15 is 0 Å². The third-order valence-corrected chi connectivity index (χ3v) is 8.24. The number of thioether (sulfide) groups is 1. The highest BCUT2D eigenvalue weighted by molar-refractivity contribution is 8.00. The summed E-state index contributed by atoms with van der Waals surface area (Å²) in [7, 11) is -3.63. The zero-order valence-corrected chi connectivity index (χ0v) is 19.3. The van der Waals surface area contributed by atoms with Crippen molar-refractivity contribution < 1.29 is 17.6 Å². The van der Waals surface area contributed by atoms with Crippen LogP contribution in [0.5, 0.6) is 0 Å². The largest absolute Gasteiger partial charge is 0.431 e. The summed E-state index contributed by atoms with van der Waals surface area (Å²) >= 11 is 7.41. The van der Waals surface area contributed by atoms with Crippen molar-refractivity contribution in [1.29, 1.82) is 0 Å². The molecule has 0 radical (unpaired) electrons. The molecule has 1 unspecified atom stereocenters. The molecule has 0 bridgehead atoms. The Bertz CT molecular complexity index is 1170. The van der Waals surface area contributed by atoms with Crippen LogP contribution in [0.15, 0.2) is 57.0 Å². The van der Waals surface area contributed by atoms with E-state index in [-0.39, 0.29) is 21.5 Å². The number of carbonyl (C=O) groups excluding carboxylic acids is 1. The molecule has 0 saturated carbocycles. The van der Waals surface area contributed by atoms with E-state index in [0.717, 1.165) is 24.8 Å². The Morgan fingerprint density at radius 2 is 1.94 bits per heavy atom. The maximum atomic E-state index is 12.9. The molecule has 0 spiro atoms.